The summed E-state index contributed by atoms with van der Waals surface area (Å²) >= 11 is 0. The van der Waals surface area contributed by atoms with E-state index in [1.54, 1.807) is 30.3 Å². The molecule has 0 spiro atoms. The molecule has 0 amide bonds. The van der Waals surface area contributed by atoms with Gasteiger partial charge in [-0.15, -0.1) is 0 Å². The summed E-state index contributed by atoms with van der Waals surface area (Å²) in [5, 5.41) is 0. The van der Waals surface area contributed by atoms with Gasteiger partial charge in [0.15, 0.2) is 6.17 Å². The van der Waals surface area contributed by atoms with Crippen molar-refractivity contribution in [1.82, 2.24) is 0 Å². The van der Waals surface area contributed by atoms with E-state index in [-0.39, 0.29) is 5.57 Å². The highest BCUT2D eigenvalue weighted by Crippen LogP contribution is 2.24. The lowest BCUT2D eigenvalue weighted by Gasteiger charge is -2.09. The molecular formula is C11H11FO2. The van der Waals surface area contributed by atoms with Gasteiger partial charge in [0.25, 0.3) is 0 Å². The van der Waals surface area contributed by atoms with Crippen molar-refractivity contribution in [3.8, 4) is 0 Å². The second-order valence-electron chi connectivity index (χ2n) is 2.79. The molecule has 0 fully saturated rings. The molecule has 0 aliphatic heterocycles. The Hall–Kier alpha value is -1.64. The number of esters is 1. The van der Waals surface area contributed by atoms with E-state index in [0.29, 0.717) is 5.56 Å². The first kappa shape index (κ1) is 10.4. The molecule has 0 saturated heterocycles. The zero-order valence-corrected chi connectivity index (χ0v) is 7.87. The quantitative estimate of drug-likeness (QED) is 0.545. The van der Waals surface area contributed by atoms with Gasteiger partial charge >= 0.3 is 5.97 Å². The van der Waals surface area contributed by atoms with Gasteiger partial charge in [-0.25, -0.2) is 9.18 Å². The maximum absolute atomic E-state index is 13.6. The summed E-state index contributed by atoms with van der Waals surface area (Å²) in [6.07, 6.45) is -1.50. The van der Waals surface area contributed by atoms with Crippen molar-refractivity contribution in [3.63, 3.8) is 0 Å². The summed E-state index contributed by atoms with van der Waals surface area (Å²) in [6.45, 7) is 3.35. The molecule has 0 aliphatic carbocycles. The van der Waals surface area contributed by atoms with Crippen LogP contribution in [-0.2, 0) is 9.53 Å². The Morgan fingerprint density at radius 2 is 2.00 bits per heavy atom. The van der Waals surface area contributed by atoms with Gasteiger partial charge in [0, 0.05) is 0 Å². The van der Waals surface area contributed by atoms with Gasteiger partial charge in [0.2, 0.25) is 0 Å². The molecule has 14 heavy (non-hydrogen) atoms. The topological polar surface area (TPSA) is 26.3 Å². The van der Waals surface area contributed by atoms with E-state index in [1.807, 2.05) is 0 Å². The molecule has 3 heteroatoms. The zero-order valence-electron chi connectivity index (χ0n) is 7.87. The molecule has 2 nitrogen and oxygen atoms in total. The van der Waals surface area contributed by atoms with Crippen LogP contribution in [0.1, 0.15) is 11.7 Å². The molecule has 0 aliphatic rings. The van der Waals surface area contributed by atoms with Crippen molar-refractivity contribution in [1.29, 1.82) is 0 Å². The van der Waals surface area contributed by atoms with Crippen LogP contribution in [0.2, 0.25) is 0 Å². The van der Waals surface area contributed by atoms with Crippen LogP contribution in [-0.4, -0.2) is 13.1 Å². The smallest absolute Gasteiger partial charge is 0.336 e. The van der Waals surface area contributed by atoms with Gasteiger partial charge in [-0.2, -0.15) is 0 Å². The number of methoxy groups -OCH3 is 1. The SMILES string of the molecule is C=C(C(=O)OC)C(F)c1ccccc1. The number of carbonyl (C=O) groups is 1. The highest BCUT2D eigenvalue weighted by molar-refractivity contribution is 5.88. The molecule has 1 aromatic rings. The number of hydrogen-bond acceptors (Lipinski definition) is 2. The molecule has 74 valence electrons. The van der Waals surface area contributed by atoms with Crippen LogP contribution >= 0.6 is 0 Å². The number of halogens is 1. The van der Waals surface area contributed by atoms with Crippen molar-refractivity contribution >= 4 is 5.97 Å². The van der Waals surface area contributed by atoms with Crippen molar-refractivity contribution in [2.24, 2.45) is 0 Å². The third-order valence-corrected chi connectivity index (χ3v) is 1.85. The number of alkyl halides is 1. The lowest BCUT2D eigenvalue weighted by Crippen LogP contribution is -2.09. The van der Waals surface area contributed by atoms with Crippen LogP contribution < -0.4 is 0 Å². The predicted molar refractivity (Wildman–Crippen MR) is 51.4 cm³/mol. The van der Waals surface area contributed by atoms with Crippen LogP contribution in [0, 0.1) is 0 Å². The highest BCUT2D eigenvalue weighted by Gasteiger charge is 2.20. The molecule has 1 aromatic carbocycles. The molecule has 1 rings (SSSR count). The zero-order chi connectivity index (χ0) is 10.6. The first-order chi connectivity index (χ1) is 6.66. The normalized spacial score (nSPS) is 11.9. The maximum Gasteiger partial charge on any atom is 0.336 e. The van der Waals surface area contributed by atoms with E-state index in [1.165, 1.54) is 7.11 Å². The predicted octanol–water partition coefficient (Wildman–Crippen LogP) is 2.43. The van der Waals surface area contributed by atoms with E-state index < -0.39 is 12.1 Å². The molecule has 1 atom stereocenters. The van der Waals surface area contributed by atoms with E-state index >= 15 is 0 Å². The monoisotopic (exact) mass is 194 g/mol. The first-order valence-electron chi connectivity index (χ1n) is 4.13. The summed E-state index contributed by atoms with van der Waals surface area (Å²) in [5.74, 6) is -0.721. The summed E-state index contributed by atoms with van der Waals surface area (Å²) in [7, 11) is 1.20. The molecule has 0 saturated carbocycles. The van der Waals surface area contributed by atoms with Gasteiger partial charge in [0.1, 0.15) is 0 Å². The highest BCUT2D eigenvalue weighted by atomic mass is 19.1. The second-order valence-corrected chi connectivity index (χ2v) is 2.79. The third kappa shape index (κ3) is 2.19. The van der Waals surface area contributed by atoms with Crippen LogP contribution in [0.25, 0.3) is 0 Å². The number of rotatable bonds is 3. The second kappa shape index (κ2) is 4.56. The fraction of sp³-hybridized carbons (Fsp3) is 0.182. The van der Waals surface area contributed by atoms with Crippen LogP contribution in [0.4, 0.5) is 4.39 Å². The Kier molecular flexibility index (Phi) is 3.40. The molecule has 0 radical (unpaired) electrons. The summed E-state index contributed by atoms with van der Waals surface area (Å²) in [4.78, 5) is 11.0. The average Bonchev–Trinajstić information content (AvgIpc) is 2.27. The van der Waals surface area contributed by atoms with Crippen LogP contribution in [0.5, 0.6) is 0 Å². The summed E-state index contributed by atoms with van der Waals surface area (Å²) in [6, 6.07) is 8.37. The summed E-state index contributed by atoms with van der Waals surface area (Å²) < 4.78 is 17.9. The van der Waals surface area contributed by atoms with E-state index in [2.05, 4.69) is 11.3 Å². The Morgan fingerprint density at radius 3 is 2.50 bits per heavy atom. The molecular weight excluding hydrogens is 183 g/mol. The average molecular weight is 194 g/mol. The Bertz CT molecular complexity index is 332. The van der Waals surface area contributed by atoms with Gasteiger partial charge in [0.05, 0.1) is 12.7 Å². The number of ether oxygens (including phenoxy) is 1. The third-order valence-electron chi connectivity index (χ3n) is 1.85. The number of benzene rings is 1. The first-order valence-corrected chi connectivity index (χ1v) is 4.13. The summed E-state index contributed by atoms with van der Waals surface area (Å²) in [5.41, 5.74) is 0.224. The number of carbonyl (C=O) groups excluding carboxylic acids is 1. The van der Waals surface area contributed by atoms with Gasteiger partial charge in [-0.1, -0.05) is 36.9 Å². The minimum Gasteiger partial charge on any atom is -0.466 e. The molecule has 0 bridgehead atoms. The largest absolute Gasteiger partial charge is 0.466 e. The Balaban J connectivity index is 2.81. The number of hydrogen-bond donors (Lipinski definition) is 0. The van der Waals surface area contributed by atoms with Crippen molar-refractivity contribution in [3.05, 3.63) is 48.0 Å². The van der Waals surface area contributed by atoms with Gasteiger partial charge < -0.3 is 4.74 Å². The minimum atomic E-state index is -1.50. The fourth-order valence-electron chi connectivity index (χ4n) is 1.06. The fourth-order valence-corrected chi connectivity index (χ4v) is 1.06. The minimum absolute atomic E-state index is 0.182. The Labute approximate surface area is 82.0 Å². The van der Waals surface area contributed by atoms with Crippen molar-refractivity contribution < 1.29 is 13.9 Å². The van der Waals surface area contributed by atoms with E-state index in [0.717, 1.165) is 0 Å². The molecule has 0 heterocycles. The van der Waals surface area contributed by atoms with Crippen LogP contribution in [0.15, 0.2) is 42.5 Å². The maximum atomic E-state index is 13.6. The van der Waals surface area contributed by atoms with Crippen molar-refractivity contribution in [2.75, 3.05) is 7.11 Å². The van der Waals surface area contributed by atoms with Crippen molar-refractivity contribution in [2.45, 2.75) is 6.17 Å². The van der Waals surface area contributed by atoms with E-state index in [9.17, 15) is 9.18 Å². The van der Waals surface area contributed by atoms with Gasteiger partial charge in [-0.05, 0) is 5.56 Å². The lowest BCUT2D eigenvalue weighted by atomic mass is 10.0. The molecule has 0 aromatic heterocycles. The lowest BCUT2D eigenvalue weighted by molar-refractivity contribution is -0.136. The Morgan fingerprint density at radius 1 is 1.43 bits per heavy atom. The standard InChI is InChI=1S/C11H11FO2/c1-8(11(13)14-2)10(12)9-6-4-3-5-7-9/h3-7,10H,1H2,2H3. The van der Waals surface area contributed by atoms with Crippen LogP contribution in [0.3, 0.4) is 0 Å². The molecule has 1 unspecified atom stereocenters. The molecule has 0 N–H and O–H groups in total. The van der Waals surface area contributed by atoms with Gasteiger partial charge in [-0.3, -0.25) is 0 Å². The van der Waals surface area contributed by atoms with E-state index in [4.69, 9.17) is 0 Å².